The summed E-state index contributed by atoms with van der Waals surface area (Å²) >= 11 is 3.50. The highest BCUT2D eigenvalue weighted by molar-refractivity contribution is 9.10. The molecule has 1 heterocycles. The van der Waals surface area contributed by atoms with Crippen LogP contribution >= 0.6 is 15.9 Å². The highest BCUT2D eigenvalue weighted by Crippen LogP contribution is 2.27. The summed E-state index contributed by atoms with van der Waals surface area (Å²) in [6.45, 7) is 0.894. The minimum Gasteiger partial charge on any atom is -0.337 e. The third kappa shape index (κ3) is 2.99. The van der Waals surface area contributed by atoms with Gasteiger partial charge < -0.3 is 4.57 Å². The van der Waals surface area contributed by atoms with Crippen molar-refractivity contribution in [3.05, 3.63) is 88.9 Å². The first-order chi connectivity index (χ1) is 9.83. The zero-order valence-electron chi connectivity index (χ0n) is 11.0. The molecule has 20 heavy (non-hydrogen) atoms. The number of benzene rings is 2. The molecule has 2 nitrogen and oxygen atoms in total. The maximum absolute atomic E-state index is 4.13. The molecule has 0 saturated carbocycles. The molecule has 0 unspecified atom stereocenters. The average Bonchev–Trinajstić information content (AvgIpc) is 3.00. The van der Waals surface area contributed by atoms with Crippen LogP contribution < -0.4 is 0 Å². The van der Waals surface area contributed by atoms with Crippen LogP contribution in [0.15, 0.2) is 77.8 Å². The Balaban J connectivity index is 1.97. The number of nitrogens with zero attached hydrogens (tertiary/aromatic N) is 2. The second-order valence-corrected chi connectivity index (χ2v) is 5.69. The first kappa shape index (κ1) is 13.1. The van der Waals surface area contributed by atoms with Gasteiger partial charge in [0.2, 0.25) is 0 Å². The molecule has 0 saturated heterocycles. The Hall–Kier alpha value is -1.87. The molecule has 2 aromatic carbocycles. The van der Waals surface area contributed by atoms with Crippen molar-refractivity contribution in [1.82, 2.24) is 9.55 Å². The molecule has 3 heteroatoms. The summed E-state index contributed by atoms with van der Waals surface area (Å²) in [6.07, 6.45) is 5.70. The zero-order valence-corrected chi connectivity index (χ0v) is 12.6. The van der Waals surface area contributed by atoms with Gasteiger partial charge in [-0.05, 0) is 23.3 Å². The molecule has 0 bridgehead atoms. The van der Waals surface area contributed by atoms with Crippen molar-refractivity contribution in [3.8, 4) is 0 Å². The summed E-state index contributed by atoms with van der Waals surface area (Å²) < 4.78 is 3.23. The van der Waals surface area contributed by atoms with Gasteiger partial charge in [0.1, 0.15) is 0 Å². The fourth-order valence-electron chi connectivity index (χ4n) is 2.39. The molecular formula is C17H15BrN2. The van der Waals surface area contributed by atoms with E-state index in [2.05, 4.69) is 80.1 Å². The van der Waals surface area contributed by atoms with Crippen molar-refractivity contribution < 1.29 is 0 Å². The van der Waals surface area contributed by atoms with E-state index in [9.17, 15) is 0 Å². The van der Waals surface area contributed by atoms with E-state index in [-0.39, 0.29) is 0 Å². The Morgan fingerprint density at radius 3 is 2.30 bits per heavy atom. The Morgan fingerprint density at radius 2 is 1.65 bits per heavy atom. The molecule has 0 aliphatic heterocycles. The summed E-state index contributed by atoms with van der Waals surface area (Å²) in [6, 6.07) is 19.2. The van der Waals surface area contributed by atoms with Crippen LogP contribution in [0.1, 0.15) is 17.0 Å². The fourth-order valence-corrected chi connectivity index (χ4v) is 2.65. The first-order valence-electron chi connectivity index (χ1n) is 6.59. The SMILES string of the molecule is Brc1ccc([C@H](Cn2ccnc2)c2ccccc2)cc1. The third-order valence-corrected chi connectivity index (χ3v) is 3.96. The van der Waals surface area contributed by atoms with Crippen LogP contribution in [-0.2, 0) is 6.54 Å². The molecule has 0 amide bonds. The maximum Gasteiger partial charge on any atom is 0.0946 e. The number of aromatic nitrogens is 2. The standard InChI is InChI=1S/C17H15BrN2/c18-16-8-6-15(7-9-16)17(12-20-11-10-19-13-20)14-4-2-1-3-5-14/h1-11,13,17H,12H2/t17-/m1/s1. The minimum atomic E-state index is 0.332. The highest BCUT2D eigenvalue weighted by atomic mass is 79.9. The summed E-state index contributed by atoms with van der Waals surface area (Å²) in [5.74, 6) is 0.332. The molecule has 0 radical (unpaired) electrons. The van der Waals surface area contributed by atoms with Crippen LogP contribution in [0.5, 0.6) is 0 Å². The molecule has 0 aliphatic rings. The van der Waals surface area contributed by atoms with Gasteiger partial charge in [0, 0.05) is 29.3 Å². The Morgan fingerprint density at radius 1 is 0.950 bits per heavy atom. The van der Waals surface area contributed by atoms with E-state index in [1.54, 1.807) is 0 Å². The molecule has 3 rings (SSSR count). The Kier molecular flexibility index (Phi) is 3.97. The lowest BCUT2D eigenvalue weighted by Crippen LogP contribution is -2.09. The van der Waals surface area contributed by atoms with Crippen molar-refractivity contribution in [1.29, 1.82) is 0 Å². The Labute approximate surface area is 127 Å². The molecule has 3 aromatic rings. The van der Waals surface area contributed by atoms with E-state index < -0.39 is 0 Å². The minimum absolute atomic E-state index is 0.332. The zero-order chi connectivity index (χ0) is 13.8. The largest absolute Gasteiger partial charge is 0.337 e. The van der Waals surface area contributed by atoms with Crippen molar-refractivity contribution in [2.45, 2.75) is 12.5 Å². The molecule has 0 spiro atoms. The maximum atomic E-state index is 4.13. The predicted molar refractivity (Wildman–Crippen MR) is 84.7 cm³/mol. The van der Waals surface area contributed by atoms with Crippen LogP contribution in [0.3, 0.4) is 0 Å². The molecule has 0 fully saturated rings. The normalized spacial score (nSPS) is 12.2. The van der Waals surface area contributed by atoms with Crippen molar-refractivity contribution >= 4 is 15.9 Å². The van der Waals surface area contributed by atoms with Crippen LogP contribution in [-0.4, -0.2) is 9.55 Å². The monoisotopic (exact) mass is 326 g/mol. The van der Waals surface area contributed by atoms with Gasteiger partial charge in [-0.25, -0.2) is 4.98 Å². The van der Waals surface area contributed by atoms with Crippen LogP contribution in [0.4, 0.5) is 0 Å². The third-order valence-electron chi connectivity index (χ3n) is 3.43. The topological polar surface area (TPSA) is 17.8 Å². The van der Waals surface area contributed by atoms with Gasteiger partial charge in [0.05, 0.1) is 6.33 Å². The van der Waals surface area contributed by atoms with Gasteiger partial charge in [0.25, 0.3) is 0 Å². The molecule has 0 N–H and O–H groups in total. The molecule has 100 valence electrons. The van der Waals surface area contributed by atoms with Crippen molar-refractivity contribution in [3.63, 3.8) is 0 Å². The Bertz CT molecular complexity index is 645. The number of rotatable bonds is 4. The number of imidazole rings is 1. The van der Waals surface area contributed by atoms with E-state index in [0.717, 1.165) is 11.0 Å². The summed E-state index contributed by atoms with van der Waals surface area (Å²) in [5, 5.41) is 0. The molecule has 0 aliphatic carbocycles. The highest BCUT2D eigenvalue weighted by Gasteiger charge is 2.14. The van der Waals surface area contributed by atoms with Crippen molar-refractivity contribution in [2.75, 3.05) is 0 Å². The van der Waals surface area contributed by atoms with Gasteiger partial charge in [-0.3, -0.25) is 0 Å². The van der Waals surface area contributed by atoms with Crippen LogP contribution in [0.25, 0.3) is 0 Å². The van der Waals surface area contributed by atoms with Gasteiger partial charge in [-0.2, -0.15) is 0 Å². The lowest BCUT2D eigenvalue weighted by Gasteiger charge is -2.18. The first-order valence-corrected chi connectivity index (χ1v) is 7.38. The van der Waals surface area contributed by atoms with Gasteiger partial charge >= 0.3 is 0 Å². The van der Waals surface area contributed by atoms with Crippen LogP contribution in [0, 0.1) is 0 Å². The van der Waals surface area contributed by atoms with Gasteiger partial charge in [0.15, 0.2) is 0 Å². The smallest absolute Gasteiger partial charge is 0.0946 e. The average molecular weight is 327 g/mol. The second-order valence-electron chi connectivity index (χ2n) is 4.77. The number of hydrogen-bond acceptors (Lipinski definition) is 1. The molecule has 1 aromatic heterocycles. The van der Waals surface area contributed by atoms with E-state index in [1.807, 2.05) is 18.7 Å². The van der Waals surface area contributed by atoms with E-state index in [4.69, 9.17) is 0 Å². The lowest BCUT2D eigenvalue weighted by molar-refractivity contribution is 0.623. The van der Waals surface area contributed by atoms with E-state index >= 15 is 0 Å². The summed E-state index contributed by atoms with van der Waals surface area (Å²) in [5.41, 5.74) is 2.64. The number of halogens is 1. The predicted octanol–water partition coefficient (Wildman–Crippen LogP) is 4.48. The van der Waals surface area contributed by atoms with Crippen LogP contribution in [0.2, 0.25) is 0 Å². The summed E-state index contributed by atoms with van der Waals surface area (Å²) in [4.78, 5) is 4.13. The van der Waals surface area contributed by atoms with E-state index in [0.29, 0.717) is 5.92 Å². The van der Waals surface area contributed by atoms with Gasteiger partial charge in [-0.15, -0.1) is 0 Å². The molecule has 1 atom stereocenters. The number of hydrogen-bond donors (Lipinski definition) is 0. The lowest BCUT2D eigenvalue weighted by atomic mass is 9.91. The fraction of sp³-hybridized carbons (Fsp3) is 0.118. The van der Waals surface area contributed by atoms with Crippen molar-refractivity contribution in [2.24, 2.45) is 0 Å². The quantitative estimate of drug-likeness (QED) is 0.691. The second kappa shape index (κ2) is 6.06. The van der Waals surface area contributed by atoms with Gasteiger partial charge in [-0.1, -0.05) is 58.4 Å². The summed E-state index contributed by atoms with van der Waals surface area (Å²) in [7, 11) is 0. The van der Waals surface area contributed by atoms with E-state index in [1.165, 1.54) is 11.1 Å². The molecular weight excluding hydrogens is 312 g/mol.